The predicted octanol–water partition coefficient (Wildman–Crippen LogP) is 1.20. The molecule has 1 heterocycles. The summed E-state index contributed by atoms with van der Waals surface area (Å²) in [4.78, 5) is 10.9. The van der Waals surface area contributed by atoms with Crippen molar-refractivity contribution in [3.05, 3.63) is 24.3 Å². The molecular weight excluding hydrogens is 154 g/mol. The highest BCUT2D eigenvalue weighted by Gasteiger charge is 2.17. The van der Waals surface area contributed by atoms with Gasteiger partial charge in [-0.25, -0.2) is 0 Å². The molecule has 1 amide bonds. The van der Waals surface area contributed by atoms with Gasteiger partial charge in [0.2, 0.25) is 0 Å². The van der Waals surface area contributed by atoms with E-state index in [2.05, 4.69) is 10.9 Å². The van der Waals surface area contributed by atoms with E-state index < -0.39 is 0 Å². The molecule has 0 spiro atoms. The minimum atomic E-state index is -0.0637. The SMILES string of the molecule is CC(=O)N1Nc2ccccc2N1. The van der Waals surface area contributed by atoms with Crippen LogP contribution in [0.25, 0.3) is 0 Å². The molecule has 1 aromatic rings. The monoisotopic (exact) mass is 163 g/mol. The van der Waals surface area contributed by atoms with Gasteiger partial charge >= 0.3 is 0 Å². The van der Waals surface area contributed by atoms with Crippen LogP contribution in [0.1, 0.15) is 6.92 Å². The Bertz CT molecular complexity index is 299. The van der Waals surface area contributed by atoms with Crippen molar-refractivity contribution in [3.8, 4) is 0 Å². The Kier molecular flexibility index (Phi) is 1.40. The van der Waals surface area contributed by atoms with Crippen LogP contribution in [-0.2, 0) is 4.79 Å². The van der Waals surface area contributed by atoms with E-state index in [1.165, 1.54) is 12.0 Å². The Hall–Kier alpha value is -1.71. The first-order valence-electron chi connectivity index (χ1n) is 3.70. The molecule has 1 aliphatic rings. The molecule has 0 atom stereocenters. The van der Waals surface area contributed by atoms with Crippen LogP contribution >= 0.6 is 0 Å². The van der Waals surface area contributed by atoms with E-state index in [9.17, 15) is 4.79 Å². The normalized spacial score (nSPS) is 13.2. The molecule has 0 radical (unpaired) electrons. The smallest absolute Gasteiger partial charge is 0.257 e. The fraction of sp³-hybridized carbons (Fsp3) is 0.125. The van der Waals surface area contributed by atoms with Crippen molar-refractivity contribution in [2.75, 3.05) is 10.9 Å². The lowest BCUT2D eigenvalue weighted by Gasteiger charge is -2.12. The van der Waals surface area contributed by atoms with E-state index in [1.807, 2.05) is 24.3 Å². The molecule has 0 aliphatic carbocycles. The third-order valence-electron chi connectivity index (χ3n) is 1.71. The van der Waals surface area contributed by atoms with Crippen molar-refractivity contribution >= 4 is 17.3 Å². The number of carbonyl (C=O) groups excluding carboxylic acids is 1. The number of fused-ring (bicyclic) bond motifs is 1. The van der Waals surface area contributed by atoms with Crippen LogP contribution in [0.5, 0.6) is 0 Å². The van der Waals surface area contributed by atoms with Gasteiger partial charge in [-0.2, -0.15) is 5.12 Å². The topological polar surface area (TPSA) is 44.4 Å². The molecule has 2 N–H and O–H groups in total. The second-order valence-electron chi connectivity index (χ2n) is 2.62. The van der Waals surface area contributed by atoms with Crippen LogP contribution in [0.4, 0.5) is 11.4 Å². The maximum atomic E-state index is 10.9. The zero-order valence-corrected chi connectivity index (χ0v) is 6.66. The van der Waals surface area contributed by atoms with E-state index in [4.69, 9.17) is 0 Å². The summed E-state index contributed by atoms with van der Waals surface area (Å²) >= 11 is 0. The molecule has 4 nitrogen and oxygen atoms in total. The number of carbonyl (C=O) groups is 1. The van der Waals surface area contributed by atoms with Crippen LogP contribution in [0.3, 0.4) is 0 Å². The molecule has 0 unspecified atom stereocenters. The standard InChI is InChI=1S/C8H9N3O/c1-6(12)11-9-7-4-2-3-5-8(7)10-11/h2-5,9-10H,1H3. The summed E-state index contributed by atoms with van der Waals surface area (Å²) in [5.41, 5.74) is 7.66. The summed E-state index contributed by atoms with van der Waals surface area (Å²) in [6, 6.07) is 7.64. The van der Waals surface area contributed by atoms with Crippen LogP contribution in [0.2, 0.25) is 0 Å². The lowest BCUT2D eigenvalue weighted by atomic mass is 10.3. The van der Waals surface area contributed by atoms with Gasteiger partial charge < -0.3 is 0 Å². The van der Waals surface area contributed by atoms with Gasteiger partial charge in [0.25, 0.3) is 5.91 Å². The first-order valence-corrected chi connectivity index (χ1v) is 3.70. The zero-order chi connectivity index (χ0) is 8.55. The number of hydrazine groups is 2. The average Bonchev–Trinajstić information content (AvgIpc) is 2.46. The molecule has 1 aliphatic heterocycles. The molecule has 1 aromatic carbocycles. The van der Waals surface area contributed by atoms with Gasteiger partial charge in [0.1, 0.15) is 0 Å². The molecule has 12 heavy (non-hydrogen) atoms. The molecule has 0 saturated carbocycles. The van der Waals surface area contributed by atoms with Crippen molar-refractivity contribution in [1.82, 2.24) is 5.12 Å². The largest absolute Gasteiger partial charge is 0.275 e. The summed E-state index contributed by atoms with van der Waals surface area (Å²) in [5, 5.41) is 1.35. The minimum absolute atomic E-state index is 0.0637. The van der Waals surface area contributed by atoms with Crippen molar-refractivity contribution in [1.29, 1.82) is 0 Å². The quantitative estimate of drug-likeness (QED) is 0.604. The van der Waals surface area contributed by atoms with E-state index in [0.29, 0.717) is 0 Å². The highest BCUT2D eigenvalue weighted by molar-refractivity contribution is 5.83. The molecule has 0 aromatic heterocycles. The second-order valence-corrected chi connectivity index (χ2v) is 2.62. The lowest BCUT2D eigenvalue weighted by molar-refractivity contribution is -0.126. The van der Waals surface area contributed by atoms with Crippen LogP contribution in [-0.4, -0.2) is 11.0 Å². The number of para-hydroxylation sites is 2. The maximum Gasteiger partial charge on any atom is 0.257 e. The fourth-order valence-corrected chi connectivity index (χ4v) is 1.10. The van der Waals surface area contributed by atoms with Gasteiger partial charge in [-0.15, -0.1) is 0 Å². The van der Waals surface area contributed by atoms with Crippen LogP contribution < -0.4 is 10.9 Å². The summed E-state index contributed by atoms with van der Waals surface area (Å²) in [7, 11) is 0. The number of anilines is 2. The number of hydrogen-bond donors (Lipinski definition) is 2. The average molecular weight is 163 g/mol. The predicted molar refractivity (Wildman–Crippen MR) is 46.2 cm³/mol. The molecule has 0 saturated heterocycles. The van der Waals surface area contributed by atoms with E-state index in [1.54, 1.807) is 0 Å². The summed E-state index contributed by atoms with van der Waals surface area (Å²) < 4.78 is 0. The highest BCUT2D eigenvalue weighted by atomic mass is 16.2. The van der Waals surface area contributed by atoms with Crippen LogP contribution in [0.15, 0.2) is 24.3 Å². The van der Waals surface area contributed by atoms with Crippen molar-refractivity contribution in [3.63, 3.8) is 0 Å². The van der Waals surface area contributed by atoms with E-state index in [0.717, 1.165) is 11.4 Å². The van der Waals surface area contributed by atoms with Gasteiger partial charge in [0.05, 0.1) is 11.4 Å². The Morgan fingerprint density at radius 3 is 2.17 bits per heavy atom. The highest BCUT2D eigenvalue weighted by Crippen LogP contribution is 2.26. The summed E-state index contributed by atoms with van der Waals surface area (Å²) in [6.45, 7) is 1.49. The number of benzene rings is 1. The lowest BCUT2D eigenvalue weighted by Crippen LogP contribution is -2.34. The Balaban J connectivity index is 2.27. The first-order chi connectivity index (χ1) is 5.77. The van der Waals surface area contributed by atoms with Gasteiger partial charge in [0, 0.05) is 6.92 Å². The number of rotatable bonds is 0. The Morgan fingerprint density at radius 2 is 1.75 bits per heavy atom. The molecule has 2 rings (SSSR count). The number of nitrogens with one attached hydrogen (secondary N) is 2. The van der Waals surface area contributed by atoms with Gasteiger partial charge in [-0.3, -0.25) is 15.6 Å². The van der Waals surface area contributed by atoms with E-state index in [-0.39, 0.29) is 5.91 Å². The Labute approximate surface area is 70.1 Å². The molecule has 0 fully saturated rings. The second kappa shape index (κ2) is 2.41. The zero-order valence-electron chi connectivity index (χ0n) is 6.66. The molecule has 62 valence electrons. The number of amides is 1. The van der Waals surface area contributed by atoms with Gasteiger partial charge in [0.15, 0.2) is 0 Å². The van der Waals surface area contributed by atoms with Crippen molar-refractivity contribution in [2.45, 2.75) is 6.92 Å². The van der Waals surface area contributed by atoms with Crippen molar-refractivity contribution in [2.24, 2.45) is 0 Å². The van der Waals surface area contributed by atoms with Crippen molar-refractivity contribution < 1.29 is 4.79 Å². The summed E-state index contributed by atoms with van der Waals surface area (Å²) in [5.74, 6) is -0.0637. The van der Waals surface area contributed by atoms with Crippen LogP contribution in [0, 0.1) is 0 Å². The molecule has 4 heteroatoms. The maximum absolute atomic E-state index is 10.9. The number of nitrogens with zero attached hydrogens (tertiary/aromatic N) is 1. The third-order valence-corrected chi connectivity index (χ3v) is 1.71. The Morgan fingerprint density at radius 1 is 1.25 bits per heavy atom. The molecule has 0 bridgehead atoms. The number of hydrogen-bond acceptors (Lipinski definition) is 3. The molecular formula is C8H9N3O. The van der Waals surface area contributed by atoms with Gasteiger partial charge in [-0.1, -0.05) is 12.1 Å². The minimum Gasteiger partial charge on any atom is -0.275 e. The summed E-state index contributed by atoms with van der Waals surface area (Å²) in [6.07, 6.45) is 0. The van der Waals surface area contributed by atoms with Gasteiger partial charge in [-0.05, 0) is 12.1 Å². The third kappa shape index (κ3) is 0.972. The van der Waals surface area contributed by atoms with E-state index >= 15 is 0 Å². The fourth-order valence-electron chi connectivity index (χ4n) is 1.10. The first kappa shape index (κ1) is 6.97.